The number of morpholine rings is 1. The first-order valence-electron chi connectivity index (χ1n) is 9.61. The maximum absolute atomic E-state index is 5.59. The Hall–Kier alpha value is -0.150. The summed E-state index contributed by atoms with van der Waals surface area (Å²) in [4.78, 5) is 2.64. The van der Waals surface area contributed by atoms with Crippen molar-refractivity contribution in [3.05, 3.63) is 11.0 Å². The number of rotatable bonds is 8. The zero-order valence-electron chi connectivity index (χ0n) is 15.7. The minimum atomic E-state index is -0.306. The Bertz CT molecular complexity index is 362. The van der Waals surface area contributed by atoms with E-state index in [-0.39, 0.29) is 8.22 Å². The minimum absolute atomic E-state index is 0.306. The van der Waals surface area contributed by atoms with Gasteiger partial charge in [-0.1, -0.05) is 27.7 Å². The van der Waals surface area contributed by atoms with Crippen LogP contribution in [0, 0.1) is 0 Å². The molecule has 0 saturated carbocycles. The summed E-state index contributed by atoms with van der Waals surface area (Å²) in [5.74, 6) is 0. The highest BCUT2D eigenvalue weighted by atomic mass is 31.1. The molecular formula is C18H36N3OP. The second-order valence-electron chi connectivity index (χ2n) is 6.27. The normalized spacial score (nSPS) is 20.2. The molecule has 5 heteroatoms. The Morgan fingerprint density at radius 1 is 0.870 bits per heavy atom. The number of nitrogens with zero attached hydrogens (tertiary/aromatic N) is 3. The summed E-state index contributed by atoms with van der Waals surface area (Å²) in [5, 5.41) is 1.76. The highest BCUT2D eigenvalue weighted by Crippen LogP contribution is 2.56. The van der Waals surface area contributed by atoms with E-state index in [2.05, 4.69) is 41.9 Å². The number of hydrogen-bond donors (Lipinski definition) is 0. The molecule has 1 fully saturated rings. The maximum atomic E-state index is 5.59. The molecule has 1 heterocycles. The third-order valence-electron chi connectivity index (χ3n) is 5.04. The molecule has 2 rings (SSSR count). The van der Waals surface area contributed by atoms with Crippen LogP contribution in [0.4, 0.5) is 0 Å². The largest absolute Gasteiger partial charge is 0.378 e. The van der Waals surface area contributed by atoms with Crippen molar-refractivity contribution in [1.82, 2.24) is 14.2 Å². The van der Waals surface area contributed by atoms with Gasteiger partial charge in [-0.2, -0.15) is 0 Å². The van der Waals surface area contributed by atoms with Gasteiger partial charge in [0.15, 0.2) is 0 Å². The van der Waals surface area contributed by atoms with Gasteiger partial charge in [0.25, 0.3) is 0 Å². The van der Waals surface area contributed by atoms with Crippen molar-refractivity contribution < 1.29 is 4.74 Å². The van der Waals surface area contributed by atoms with E-state index >= 15 is 0 Å². The molecule has 23 heavy (non-hydrogen) atoms. The van der Waals surface area contributed by atoms with Gasteiger partial charge in [0.2, 0.25) is 0 Å². The van der Waals surface area contributed by atoms with Gasteiger partial charge in [-0.05, 0) is 25.7 Å². The van der Waals surface area contributed by atoms with Gasteiger partial charge in [-0.25, -0.2) is 0 Å². The molecule has 0 amide bonds. The van der Waals surface area contributed by atoms with Crippen LogP contribution >= 0.6 is 8.22 Å². The van der Waals surface area contributed by atoms with Crippen molar-refractivity contribution in [2.45, 2.75) is 53.4 Å². The Balaban J connectivity index is 2.35. The summed E-state index contributed by atoms with van der Waals surface area (Å²) in [6.45, 7) is 17.8. The van der Waals surface area contributed by atoms with Crippen LogP contribution in [0.15, 0.2) is 11.0 Å². The second kappa shape index (κ2) is 9.98. The van der Waals surface area contributed by atoms with Crippen LogP contribution in [0.1, 0.15) is 53.4 Å². The fraction of sp³-hybridized carbons (Fsp3) is 0.889. The molecule has 0 spiro atoms. The predicted octanol–water partition coefficient (Wildman–Crippen LogP) is 4.10. The van der Waals surface area contributed by atoms with Gasteiger partial charge in [0, 0.05) is 50.3 Å². The first kappa shape index (κ1) is 19.2. The molecule has 1 aliphatic heterocycles. The lowest BCUT2D eigenvalue weighted by atomic mass is 10.0. The molecule has 0 aromatic carbocycles. The predicted molar refractivity (Wildman–Crippen MR) is 101 cm³/mol. The standard InChI is InChI=1S/C18H36N3OP/c1-5-20(6-2)23(21(7-3)8-4)18-12-10-9-11-17(18)19-13-15-22-16-14-19/h5-16H2,1-4H3. The van der Waals surface area contributed by atoms with Crippen molar-refractivity contribution >= 4 is 8.22 Å². The number of allylic oxidation sites excluding steroid dienone is 2. The SMILES string of the molecule is CCN(CC)P(C1=C(N2CCOCC2)CCCC1)N(CC)CC. The smallest absolute Gasteiger partial charge is 0.0699 e. The molecule has 0 aromatic heterocycles. The van der Waals surface area contributed by atoms with Crippen molar-refractivity contribution in [3.8, 4) is 0 Å². The molecule has 2 aliphatic rings. The van der Waals surface area contributed by atoms with E-state index in [9.17, 15) is 0 Å². The van der Waals surface area contributed by atoms with Gasteiger partial charge in [0.1, 0.15) is 0 Å². The molecule has 0 aromatic rings. The van der Waals surface area contributed by atoms with Crippen molar-refractivity contribution in [2.24, 2.45) is 0 Å². The molecule has 134 valence electrons. The summed E-state index contributed by atoms with van der Waals surface area (Å²) < 4.78 is 11.0. The molecule has 0 atom stereocenters. The lowest BCUT2D eigenvalue weighted by molar-refractivity contribution is 0.0510. The monoisotopic (exact) mass is 341 g/mol. The van der Waals surface area contributed by atoms with E-state index in [4.69, 9.17) is 4.74 Å². The first-order valence-corrected chi connectivity index (χ1v) is 10.9. The lowest BCUT2D eigenvalue weighted by Gasteiger charge is -2.43. The second-order valence-corrected chi connectivity index (χ2v) is 8.52. The van der Waals surface area contributed by atoms with Crippen molar-refractivity contribution in [1.29, 1.82) is 0 Å². The van der Waals surface area contributed by atoms with Crippen LogP contribution in [-0.4, -0.2) is 66.7 Å². The zero-order valence-corrected chi connectivity index (χ0v) is 16.6. The summed E-state index contributed by atoms with van der Waals surface area (Å²) in [5.41, 5.74) is 1.67. The molecule has 4 nitrogen and oxygen atoms in total. The molecule has 0 N–H and O–H groups in total. The molecule has 0 radical (unpaired) electrons. The molecule has 1 aliphatic carbocycles. The quantitative estimate of drug-likeness (QED) is 0.619. The topological polar surface area (TPSA) is 19.0 Å². The Labute approximate surface area is 144 Å². The molecule has 0 unspecified atom stereocenters. The molecular weight excluding hydrogens is 305 g/mol. The van der Waals surface area contributed by atoms with Gasteiger partial charge < -0.3 is 9.64 Å². The average Bonchev–Trinajstić information content (AvgIpc) is 2.63. The van der Waals surface area contributed by atoms with Crippen LogP contribution in [0.3, 0.4) is 0 Å². The van der Waals surface area contributed by atoms with Crippen LogP contribution in [-0.2, 0) is 4.74 Å². The molecule has 1 saturated heterocycles. The number of ether oxygens (including phenoxy) is 1. The first-order chi connectivity index (χ1) is 11.3. The van der Waals surface area contributed by atoms with Crippen LogP contribution in [0.25, 0.3) is 0 Å². The van der Waals surface area contributed by atoms with Gasteiger partial charge >= 0.3 is 0 Å². The highest BCUT2D eigenvalue weighted by Gasteiger charge is 2.31. The Kier molecular flexibility index (Phi) is 8.32. The summed E-state index contributed by atoms with van der Waals surface area (Å²) in [6, 6.07) is 0. The van der Waals surface area contributed by atoms with E-state index < -0.39 is 0 Å². The Morgan fingerprint density at radius 3 is 1.91 bits per heavy atom. The van der Waals surface area contributed by atoms with Crippen LogP contribution in [0.2, 0.25) is 0 Å². The third kappa shape index (κ3) is 4.69. The van der Waals surface area contributed by atoms with Crippen molar-refractivity contribution in [2.75, 3.05) is 52.5 Å². The highest BCUT2D eigenvalue weighted by molar-refractivity contribution is 7.57. The van der Waals surface area contributed by atoms with E-state index in [1.165, 1.54) is 25.7 Å². The number of hydrogen-bond acceptors (Lipinski definition) is 4. The van der Waals surface area contributed by atoms with Crippen LogP contribution in [0.5, 0.6) is 0 Å². The maximum Gasteiger partial charge on any atom is 0.0699 e. The molecule has 0 bridgehead atoms. The fourth-order valence-electron chi connectivity index (χ4n) is 3.77. The third-order valence-corrected chi connectivity index (χ3v) is 8.21. The van der Waals surface area contributed by atoms with Gasteiger partial charge in [-0.15, -0.1) is 0 Å². The minimum Gasteiger partial charge on any atom is -0.378 e. The fourth-order valence-corrected chi connectivity index (χ4v) is 6.72. The summed E-state index contributed by atoms with van der Waals surface area (Å²) in [7, 11) is -0.306. The van der Waals surface area contributed by atoms with Gasteiger partial charge in [0.05, 0.1) is 21.4 Å². The van der Waals surface area contributed by atoms with E-state index in [0.29, 0.717) is 0 Å². The van der Waals surface area contributed by atoms with E-state index in [1.54, 1.807) is 11.0 Å². The summed E-state index contributed by atoms with van der Waals surface area (Å²) >= 11 is 0. The average molecular weight is 341 g/mol. The van der Waals surface area contributed by atoms with Gasteiger partial charge in [-0.3, -0.25) is 9.34 Å². The van der Waals surface area contributed by atoms with E-state index in [0.717, 1.165) is 52.5 Å². The zero-order chi connectivity index (χ0) is 16.7. The van der Waals surface area contributed by atoms with Crippen LogP contribution < -0.4 is 0 Å². The van der Waals surface area contributed by atoms with E-state index in [1.807, 2.05) is 0 Å². The van der Waals surface area contributed by atoms with Crippen molar-refractivity contribution in [3.63, 3.8) is 0 Å². The summed E-state index contributed by atoms with van der Waals surface area (Å²) in [6.07, 6.45) is 5.29. The Morgan fingerprint density at radius 2 is 1.39 bits per heavy atom. The lowest BCUT2D eigenvalue weighted by Crippen LogP contribution is -2.38.